The Labute approximate surface area is 117 Å². The number of urea groups is 1. The van der Waals surface area contributed by atoms with E-state index >= 15 is 0 Å². The molecule has 2 amide bonds. The van der Waals surface area contributed by atoms with Crippen molar-refractivity contribution in [2.75, 3.05) is 6.54 Å². The molecule has 0 bridgehead atoms. The third-order valence-corrected chi connectivity index (χ3v) is 3.20. The lowest BCUT2D eigenvalue weighted by atomic mass is 9.99. The number of carboxylic acids is 1. The fourth-order valence-electron chi connectivity index (χ4n) is 1.70. The van der Waals surface area contributed by atoms with Crippen LogP contribution in [0.15, 0.2) is 6.33 Å². The Hall–Kier alpha value is -2.12. The van der Waals surface area contributed by atoms with Crippen molar-refractivity contribution in [2.24, 2.45) is 13.0 Å². The maximum Gasteiger partial charge on any atom is 0.326 e. The predicted molar refractivity (Wildman–Crippen MR) is 72.1 cm³/mol. The van der Waals surface area contributed by atoms with Crippen LogP contribution in [0.25, 0.3) is 0 Å². The second kappa shape index (κ2) is 7.46. The first-order valence-electron chi connectivity index (χ1n) is 6.55. The van der Waals surface area contributed by atoms with Crippen LogP contribution in [-0.4, -0.2) is 44.5 Å². The number of amides is 2. The highest BCUT2D eigenvalue weighted by Crippen LogP contribution is 2.07. The highest BCUT2D eigenvalue weighted by atomic mass is 16.4. The van der Waals surface area contributed by atoms with E-state index < -0.39 is 18.0 Å². The molecular formula is C12H21N5O3. The maximum atomic E-state index is 11.7. The van der Waals surface area contributed by atoms with Gasteiger partial charge in [0.1, 0.15) is 18.2 Å². The Bertz CT molecular complexity index is 460. The third kappa shape index (κ3) is 4.52. The van der Waals surface area contributed by atoms with Crippen molar-refractivity contribution >= 4 is 12.0 Å². The number of aromatic nitrogens is 3. The summed E-state index contributed by atoms with van der Waals surface area (Å²) in [5.74, 6) is -0.401. The molecule has 0 aliphatic carbocycles. The SMILES string of the molecule is CC[C@H](C)[C@H](NC(=O)NCCc1nncn1C)C(=O)O. The molecule has 0 aliphatic rings. The second-order valence-corrected chi connectivity index (χ2v) is 4.71. The molecule has 20 heavy (non-hydrogen) atoms. The van der Waals surface area contributed by atoms with Crippen molar-refractivity contribution in [2.45, 2.75) is 32.7 Å². The fraction of sp³-hybridized carbons (Fsp3) is 0.667. The van der Waals surface area contributed by atoms with Gasteiger partial charge in [-0.3, -0.25) is 0 Å². The molecule has 1 rings (SSSR count). The molecular weight excluding hydrogens is 262 g/mol. The molecule has 0 saturated heterocycles. The van der Waals surface area contributed by atoms with E-state index in [1.807, 2.05) is 14.0 Å². The summed E-state index contributed by atoms with van der Waals surface area (Å²) in [7, 11) is 1.82. The van der Waals surface area contributed by atoms with Crippen LogP contribution in [-0.2, 0) is 18.3 Å². The zero-order valence-electron chi connectivity index (χ0n) is 12.0. The number of carbonyl (C=O) groups is 2. The molecule has 3 N–H and O–H groups in total. The lowest BCUT2D eigenvalue weighted by Crippen LogP contribution is -2.49. The van der Waals surface area contributed by atoms with E-state index in [1.165, 1.54) is 0 Å². The molecule has 112 valence electrons. The molecule has 0 spiro atoms. The van der Waals surface area contributed by atoms with Gasteiger partial charge in [-0.05, 0) is 5.92 Å². The van der Waals surface area contributed by atoms with Crippen LogP contribution < -0.4 is 10.6 Å². The van der Waals surface area contributed by atoms with Gasteiger partial charge in [-0.15, -0.1) is 10.2 Å². The minimum absolute atomic E-state index is 0.128. The van der Waals surface area contributed by atoms with Gasteiger partial charge in [0.2, 0.25) is 0 Å². The van der Waals surface area contributed by atoms with Gasteiger partial charge in [-0.1, -0.05) is 20.3 Å². The van der Waals surface area contributed by atoms with Gasteiger partial charge in [0.05, 0.1) is 0 Å². The number of aryl methyl sites for hydroxylation is 1. The average molecular weight is 283 g/mol. The summed E-state index contributed by atoms with van der Waals surface area (Å²) in [6, 6.07) is -1.37. The van der Waals surface area contributed by atoms with E-state index in [0.717, 1.165) is 5.82 Å². The van der Waals surface area contributed by atoms with Crippen LogP contribution >= 0.6 is 0 Å². The molecule has 0 radical (unpaired) electrons. The first kappa shape index (κ1) is 15.9. The van der Waals surface area contributed by atoms with Crippen molar-refractivity contribution in [1.29, 1.82) is 0 Å². The highest BCUT2D eigenvalue weighted by molar-refractivity contribution is 5.82. The molecule has 1 aromatic rings. The first-order valence-corrected chi connectivity index (χ1v) is 6.55. The summed E-state index contributed by atoms with van der Waals surface area (Å²) in [5.41, 5.74) is 0. The highest BCUT2D eigenvalue weighted by Gasteiger charge is 2.25. The normalized spacial score (nSPS) is 13.6. The van der Waals surface area contributed by atoms with Crippen LogP contribution in [0.4, 0.5) is 4.79 Å². The number of hydrogen-bond acceptors (Lipinski definition) is 4. The van der Waals surface area contributed by atoms with Gasteiger partial charge < -0.3 is 20.3 Å². The van der Waals surface area contributed by atoms with Crippen molar-refractivity contribution in [3.05, 3.63) is 12.2 Å². The van der Waals surface area contributed by atoms with E-state index in [-0.39, 0.29) is 5.92 Å². The van der Waals surface area contributed by atoms with Crippen LogP contribution in [0, 0.1) is 5.92 Å². The summed E-state index contributed by atoms with van der Waals surface area (Å²) in [5, 5.41) is 21.8. The summed E-state index contributed by atoms with van der Waals surface area (Å²) in [4.78, 5) is 22.7. The number of nitrogens with zero attached hydrogens (tertiary/aromatic N) is 3. The number of carboxylic acid groups (broad SMARTS) is 1. The Morgan fingerprint density at radius 3 is 2.70 bits per heavy atom. The molecule has 8 heteroatoms. The Morgan fingerprint density at radius 1 is 1.50 bits per heavy atom. The topological polar surface area (TPSA) is 109 Å². The number of hydrogen-bond donors (Lipinski definition) is 3. The van der Waals surface area contributed by atoms with E-state index in [2.05, 4.69) is 20.8 Å². The molecule has 0 aromatic carbocycles. The smallest absolute Gasteiger partial charge is 0.326 e. The average Bonchev–Trinajstić information content (AvgIpc) is 2.80. The number of nitrogens with one attached hydrogen (secondary N) is 2. The van der Waals surface area contributed by atoms with E-state index in [4.69, 9.17) is 5.11 Å². The van der Waals surface area contributed by atoms with Gasteiger partial charge in [0.25, 0.3) is 0 Å². The monoisotopic (exact) mass is 283 g/mol. The molecule has 1 aromatic heterocycles. The zero-order valence-corrected chi connectivity index (χ0v) is 12.0. The van der Waals surface area contributed by atoms with E-state index in [0.29, 0.717) is 19.4 Å². The standard InChI is InChI=1S/C12H21N5O3/c1-4-8(2)10(11(18)19)15-12(20)13-6-5-9-16-14-7-17(9)3/h7-8,10H,4-6H2,1-3H3,(H,18,19)(H2,13,15,20)/t8-,10-/m0/s1. The van der Waals surface area contributed by atoms with Crippen LogP contribution in [0.3, 0.4) is 0 Å². The fourth-order valence-corrected chi connectivity index (χ4v) is 1.70. The van der Waals surface area contributed by atoms with Gasteiger partial charge in [0.15, 0.2) is 0 Å². The predicted octanol–water partition coefficient (Wildman–Crippen LogP) is 0.156. The van der Waals surface area contributed by atoms with Crippen LogP contribution in [0.5, 0.6) is 0 Å². The van der Waals surface area contributed by atoms with Crippen molar-refractivity contribution in [1.82, 2.24) is 25.4 Å². The minimum atomic E-state index is -1.03. The van der Waals surface area contributed by atoms with E-state index in [1.54, 1.807) is 17.8 Å². The summed E-state index contributed by atoms with van der Waals surface area (Å²) >= 11 is 0. The lowest BCUT2D eigenvalue weighted by Gasteiger charge is -2.20. The number of aliphatic carboxylic acids is 1. The van der Waals surface area contributed by atoms with Gasteiger partial charge in [-0.2, -0.15) is 0 Å². The summed E-state index contributed by atoms with van der Waals surface area (Å²) in [6.07, 6.45) is 2.79. The van der Waals surface area contributed by atoms with Crippen LogP contribution in [0.1, 0.15) is 26.1 Å². The molecule has 0 fully saturated rings. The summed E-state index contributed by atoms with van der Waals surface area (Å²) < 4.78 is 1.76. The second-order valence-electron chi connectivity index (χ2n) is 4.71. The van der Waals surface area contributed by atoms with Gasteiger partial charge in [0, 0.05) is 20.0 Å². The quantitative estimate of drug-likeness (QED) is 0.660. The van der Waals surface area contributed by atoms with Crippen molar-refractivity contribution in [3.63, 3.8) is 0 Å². The van der Waals surface area contributed by atoms with Crippen LogP contribution in [0.2, 0.25) is 0 Å². The number of rotatable bonds is 7. The lowest BCUT2D eigenvalue weighted by molar-refractivity contribution is -0.140. The van der Waals surface area contributed by atoms with Gasteiger partial charge in [-0.25, -0.2) is 9.59 Å². The molecule has 8 nitrogen and oxygen atoms in total. The van der Waals surface area contributed by atoms with E-state index in [9.17, 15) is 9.59 Å². The zero-order chi connectivity index (χ0) is 15.1. The Kier molecular flexibility index (Phi) is 5.95. The maximum absolute atomic E-state index is 11.7. The van der Waals surface area contributed by atoms with Crippen molar-refractivity contribution in [3.8, 4) is 0 Å². The third-order valence-electron chi connectivity index (χ3n) is 3.20. The largest absolute Gasteiger partial charge is 0.480 e. The molecule has 2 atom stereocenters. The molecule has 0 aliphatic heterocycles. The molecule has 1 heterocycles. The minimum Gasteiger partial charge on any atom is -0.480 e. The molecule has 0 unspecified atom stereocenters. The first-order chi connectivity index (χ1) is 9.45. The van der Waals surface area contributed by atoms with Crippen molar-refractivity contribution < 1.29 is 14.7 Å². The number of carbonyl (C=O) groups excluding carboxylic acids is 1. The summed E-state index contributed by atoms with van der Waals surface area (Å²) in [6.45, 7) is 4.04. The Balaban J connectivity index is 2.39. The van der Waals surface area contributed by atoms with Gasteiger partial charge >= 0.3 is 12.0 Å². The Morgan fingerprint density at radius 2 is 2.20 bits per heavy atom. The molecule has 0 saturated carbocycles.